The Bertz CT molecular complexity index is 983. The van der Waals surface area contributed by atoms with Crippen LogP contribution in [0.5, 0.6) is 0 Å². The van der Waals surface area contributed by atoms with Crippen molar-refractivity contribution in [3.63, 3.8) is 0 Å². The van der Waals surface area contributed by atoms with Crippen molar-refractivity contribution in [1.29, 1.82) is 0 Å². The highest BCUT2D eigenvalue weighted by molar-refractivity contribution is 7.89. The number of carbonyl (C=O) groups is 1. The molecule has 0 aromatic rings. The fraction of sp³-hybridized carbons (Fsp3) is 0.889. The summed E-state index contributed by atoms with van der Waals surface area (Å²) in [5.74, 6) is -0.939. The van der Waals surface area contributed by atoms with Crippen molar-refractivity contribution in [3.8, 4) is 0 Å². The maximum atomic E-state index is 14.5. The van der Waals surface area contributed by atoms with Gasteiger partial charge in [0.05, 0.1) is 18.8 Å². The van der Waals surface area contributed by atoms with Gasteiger partial charge in [-0.15, -0.1) is 0 Å². The number of amides is 1. The van der Waals surface area contributed by atoms with E-state index in [9.17, 15) is 17.6 Å². The molecule has 4 aliphatic rings. The molecule has 0 spiro atoms. The molecule has 230 valence electrons. The third-order valence-electron chi connectivity index (χ3n) is 9.05. The molecule has 4 rings (SSSR count). The van der Waals surface area contributed by atoms with Crippen LogP contribution in [0, 0.1) is 11.8 Å². The van der Waals surface area contributed by atoms with Crippen molar-refractivity contribution >= 4 is 15.9 Å². The summed E-state index contributed by atoms with van der Waals surface area (Å²) in [5, 5.41) is 9.41. The standard InChI is InChI=1S/C27H50FN7O4S/c1-3-4-21-18(2)5-6-19(28)15-32-25(21)24(26(29)30)27(36)33-22-16-31-9-7-23(22)34-10-12-35(13-11-34)40(37,38)20-8-14-39-17-20/h18-20,22-24,26,31-32H,3-17,29-30H2,1-2H3,(H,33,36)/b25-21-. The summed E-state index contributed by atoms with van der Waals surface area (Å²) >= 11 is 0. The molecule has 3 saturated heterocycles. The molecular weight excluding hydrogens is 537 g/mol. The number of nitrogens with one attached hydrogen (secondary N) is 3. The van der Waals surface area contributed by atoms with Crippen molar-refractivity contribution in [2.45, 2.75) is 82.0 Å². The monoisotopic (exact) mass is 587 g/mol. The third-order valence-corrected chi connectivity index (χ3v) is 11.3. The van der Waals surface area contributed by atoms with E-state index in [4.69, 9.17) is 16.2 Å². The minimum atomic E-state index is -3.37. The van der Waals surface area contributed by atoms with Gasteiger partial charge in [-0.05, 0) is 50.1 Å². The maximum Gasteiger partial charge on any atom is 0.232 e. The molecule has 0 aliphatic carbocycles. The Kier molecular flexibility index (Phi) is 11.2. The maximum absolute atomic E-state index is 14.5. The van der Waals surface area contributed by atoms with E-state index >= 15 is 0 Å². The Hall–Kier alpha value is -1.35. The molecule has 40 heavy (non-hydrogen) atoms. The SMILES string of the molecule is CCC/C1=C(\C(C(=O)NC2CNCCC2N2CCN(S(=O)(=O)C3CCOC3)CC2)C(N)N)NCC(F)CCC1C. The van der Waals surface area contributed by atoms with Gasteiger partial charge in [0, 0.05) is 57.6 Å². The predicted molar refractivity (Wildman–Crippen MR) is 153 cm³/mol. The zero-order chi connectivity index (χ0) is 28.9. The summed E-state index contributed by atoms with van der Waals surface area (Å²) in [6, 6.07) is -0.132. The van der Waals surface area contributed by atoms with Crippen LogP contribution in [-0.2, 0) is 19.6 Å². The van der Waals surface area contributed by atoms with Gasteiger partial charge in [-0.1, -0.05) is 20.3 Å². The quantitative estimate of drug-likeness (QED) is 0.232. The average Bonchev–Trinajstić information content (AvgIpc) is 3.48. The first-order valence-electron chi connectivity index (χ1n) is 15.1. The predicted octanol–water partition coefficient (Wildman–Crippen LogP) is -0.159. The summed E-state index contributed by atoms with van der Waals surface area (Å²) in [5.41, 5.74) is 14.3. The molecule has 0 radical (unpaired) electrons. The Morgan fingerprint density at radius 1 is 1.15 bits per heavy atom. The summed E-state index contributed by atoms with van der Waals surface area (Å²) < 4.78 is 47.4. The number of hydrogen-bond acceptors (Lipinski definition) is 9. The number of sulfonamides is 1. The molecule has 6 unspecified atom stereocenters. The van der Waals surface area contributed by atoms with Crippen molar-refractivity contribution in [1.82, 2.24) is 25.2 Å². The molecule has 3 fully saturated rings. The number of piperidine rings is 1. The van der Waals surface area contributed by atoms with E-state index in [-0.39, 0.29) is 37.1 Å². The number of rotatable bonds is 9. The van der Waals surface area contributed by atoms with Crippen LogP contribution in [0.4, 0.5) is 4.39 Å². The van der Waals surface area contributed by atoms with Crippen LogP contribution >= 0.6 is 0 Å². The Labute approximate surface area is 239 Å². The highest BCUT2D eigenvalue weighted by Crippen LogP contribution is 2.31. The molecule has 1 amide bonds. The minimum Gasteiger partial charge on any atom is -0.385 e. The van der Waals surface area contributed by atoms with Crippen LogP contribution in [0.15, 0.2) is 11.3 Å². The van der Waals surface area contributed by atoms with E-state index in [0.717, 1.165) is 37.8 Å². The normalized spacial score (nSPS) is 34.2. The lowest BCUT2D eigenvalue weighted by molar-refractivity contribution is -0.126. The van der Waals surface area contributed by atoms with E-state index in [1.54, 1.807) is 4.31 Å². The van der Waals surface area contributed by atoms with Gasteiger partial charge in [0.15, 0.2) is 0 Å². The summed E-state index contributed by atoms with van der Waals surface area (Å²) in [6.45, 7) is 8.56. The molecular formula is C27H50FN7O4S. The lowest BCUT2D eigenvalue weighted by Crippen LogP contribution is -2.64. The molecule has 0 bridgehead atoms. The molecule has 4 aliphatic heterocycles. The van der Waals surface area contributed by atoms with Crippen LogP contribution in [0.1, 0.15) is 52.4 Å². The molecule has 6 atom stereocenters. The summed E-state index contributed by atoms with van der Waals surface area (Å²) in [4.78, 5) is 16.2. The van der Waals surface area contributed by atoms with Gasteiger partial charge in [0.2, 0.25) is 15.9 Å². The van der Waals surface area contributed by atoms with Crippen LogP contribution in [0.3, 0.4) is 0 Å². The van der Waals surface area contributed by atoms with E-state index < -0.39 is 33.5 Å². The number of nitrogens with zero attached hydrogens (tertiary/aromatic N) is 2. The highest BCUT2D eigenvalue weighted by atomic mass is 32.2. The number of piperazine rings is 1. The summed E-state index contributed by atoms with van der Waals surface area (Å²) in [7, 11) is -3.37. The third kappa shape index (κ3) is 7.34. The first-order valence-corrected chi connectivity index (χ1v) is 16.6. The molecule has 13 heteroatoms. The second-order valence-electron chi connectivity index (χ2n) is 11.8. The lowest BCUT2D eigenvalue weighted by Gasteiger charge is -2.45. The van der Waals surface area contributed by atoms with Crippen molar-refractivity contribution in [3.05, 3.63) is 11.3 Å². The van der Waals surface area contributed by atoms with E-state index in [0.29, 0.717) is 57.9 Å². The Morgan fingerprint density at radius 2 is 1.90 bits per heavy atom. The molecule has 0 aromatic carbocycles. The van der Waals surface area contributed by atoms with Gasteiger partial charge in [-0.2, -0.15) is 4.31 Å². The van der Waals surface area contributed by atoms with Gasteiger partial charge in [0.1, 0.15) is 17.3 Å². The van der Waals surface area contributed by atoms with Crippen molar-refractivity contribution in [2.75, 3.05) is 59.0 Å². The number of halogens is 1. The van der Waals surface area contributed by atoms with E-state index in [1.807, 2.05) is 0 Å². The highest BCUT2D eigenvalue weighted by Gasteiger charge is 2.40. The number of allylic oxidation sites excluding steroid dienone is 1. The summed E-state index contributed by atoms with van der Waals surface area (Å²) in [6.07, 6.45) is 2.35. The van der Waals surface area contributed by atoms with Crippen LogP contribution in [0.25, 0.3) is 0 Å². The van der Waals surface area contributed by atoms with Crippen LogP contribution in [0.2, 0.25) is 0 Å². The first kappa shape index (κ1) is 31.6. The second kappa shape index (κ2) is 14.2. The van der Waals surface area contributed by atoms with Crippen molar-refractivity contribution < 1.29 is 22.3 Å². The zero-order valence-corrected chi connectivity index (χ0v) is 24.9. The van der Waals surface area contributed by atoms with Crippen LogP contribution in [-0.4, -0.2) is 112 Å². The Balaban J connectivity index is 1.46. The van der Waals surface area contributed by atoms with Gasteiger partial charge >= 0.3 is 0 Å². The molecule has 0 saturated carbocycles. The van der Waals surface area contributed by atoms with Crippen molar-refractivity contribution in [2.24, 2.45) is 23.3 Å². The largest absolute Gasteiger partial charge is 0.385 e. The van der Waals surface area contributed by atoms with E-state index in [1.165, 1.54) is 0 Å². The molecule has 7 N–H and O–H groups in total. The van der Waals surface area contributed by atoms with Gasteiger partial charge in [-0.25, -0.2) is 12.8 Å². The van der Waals surface area contributed by atoms with Gasteiger partial charge in [-0.3, -0.25) is 9.69 Å². The number of ether oxygens (including phenoxy) is 1. The topological polar surface area (TPSA) is 155 Å². The smallest absolute Gasteiger partial charge is 0.232 e. The number of alkyl halides is 1. The molecule has 11 nitrogen and oxygen atoms in total. The Morgan fingerprint density at radius 3 is 2.55 bits per heavy atom. The lowest BCUT2D eigenvalue weighted by atomic mass is 9.84. The molecule has 4 heterocycles. The van der Waals surface area contributed by atoms with Gasteiger partial charge in [0.25, 0.3) is 0 Å². The number of nitrogens with two attached hydrogens (primary N) is 2. The fourth-order valence-electron chi connectivity index (χ4n) is 6.72. The number of carbonyl (C=O) groups excluding carboxylic acids is 1. The molecule has 0 aromatic heterocycles. The second-order valence-corrected chi connectivity index (χ2v) is 14.1. The number of hydrogen-bond donors (Lipinski definition) is 5. The van der Waals surface area contributed by atoms with Crippen LogP contribution < -0.4 is 27.4 Å². The minimum absolute atomic E-state index is 0.0584. The fourth-order valence-corrected chi connectivity index (χ4v) is 8.47. The average molecular weight is 588 g/mol. The first-order chi connectivity index (χ1) is 19.1. The van der Waals surface area contributed by atoms with Gasteiger partial charge < -0.3 is 32.2 Å². The zero-order valence-electron chi connectivity index (χ0n) is 24.1. The van der Waals surface area contributed by atoms with E-state index in [2.05, 4.69) is 34.7 Å².